The molecule has 0 saturated heterocycles. The van der Waals surface area contributed by atoms with Gasteiger partial charge in [0.2, 0.25) is 0 Å². The maximum atomic E-state index is 5.37. The first-order valence-corrected chi connectivity index (χ1v) is 9.18. The van der Waals surface area contributed by atoms with Crippen LogP contribution in [0.5, 0.6) is 0 Å². The second-order valence-corrected chi connectivity index (χ2v) is 7.37. The Bertz CT molecular complexity index is 794. The fraction of sp³-hybridized carbons (Fsp3) is 0.389. The molecule has 1 atom stereocenters. The van der Waals surface area contributed by atoms with E-state index in [4.69, 9.17) is 4.52 Å². The van der Waals surface area contributed by atoms with Crippen LogP contribution < -0.4 is 5.32 Å². The van der Waals surface area contributed by atoms with Gasteiger partial charge in [0.25, 0.3) is 5.89 Å². The molecular weight excluding hydrogens is 320 g/mol. The maximum Gasteiger partial charge on any atom is 0.257 e. The van der Waals surface area contributed by atoms with E-state index in [1.807, 2.05) is 54.8 Å². The molecule has 0 amide bonds. The molecule has 0 unspecified atom stereocenters. The lowest BCUT2D eigenvalue weighted by atomic mass is 9.86. The summed E-state index contributed by atoms with van der Waals surface area (Å²) in [5.41, 5.74) is 0.941. The van der Waals surface area contributed by atoms with Crippen molar-refractivity contribution in [1.82, 2.24) is 20.4 Å². The van der Waals surface area contributed by atoms with Gasteiger partial charge in [-0.05, 0) is 31.9 Å². The van der Waals surface area contributed by atoms with E-state index in [2.05, 4.69) is 20.4 Å². The van der Waals surface area contributed by atoms with Gasteiger partial charge in [-0.1, -0.05) is 29.8 Å². The number of hydrogen-bond acceptors (Lipinski definition) is 6. The Hall–Kier alpha value is -2.05. The molecule has 2 aromatic heterocycles. The van der Waals surface area contributed by atoms with Crippen LogP contribution in [0.25, 0.3) is 11.5 Å². The molecule has 5 nitrogen and oxygen atoms in total. The molecule has 2 heterocycles. The zero-order valence-corrected chi connectivity index (χ0v) is 14.4. The molecule has 0 aliphatic heterocycles. The van der Waals surface area contributed by atoms with Crippen LogP contribution >= 0.6 is 11.3 Å². The number of nitrogens with one attached hydrogen (secondary N) is 1. The first-order chi connectivity index (χ1) is 11.8. The normalized spacial score (nSPS) is 16.0. The smallest absolute Gasteiger partial charge is 0.257 e. The highest BCUT2D eigenvalue weighted by Crippen LogP contribution is 2.38. The highest BCUT2D eigenvalue weighted by Gasteiger charge is 2.22. The molecule has 1 saturated carbocycles. The highest BCUT2D eigenvalue weighted by molar-refractivity contribution is 7.11. The Morgan fingerprint density at radius 2 is 2.12 bits per heavy atom. The lowest BCUT2D eigenvalue weighted by Crippen LogP contribution is -2.18. The maximum absolute atomic E-state index is 5.37. The van der Waals surface area contributed by atoms with Crippen molar-refractivity contribution in [3.05, 3.63) is 52.2 Å². The standard InChI is InChI=1S/C18H20N4OS/c1-12(16-21-17(23-22-16)13-6-3-2-4-7-13)19-10-15-11-20-18(24-15)14-8-5-9-14/h2-4,6-7,11-12,14,19H,5,8-10H2,1H3/t12-/m1/s1. The van der Waals surface area contributed by atoms with E-state index in [0.717, 1.165) is 12.1 Å². The summed E-state index contributed by atoms with van der Waals surface area (Å²) < 4.78 is 5.37. The molecule has 1 aromatic carbocycles. The predicted octanol–water partition coefficient (Wildman–Crippen LogP) is 4.31. The van der Waals surface area contributed by atoms with Crippen molar-refractivity contribution in [3.63, 3.8) is 0 Å². The third-order valence-corrected chi connectivity index (χ3v) is 5.62. The molecule has 24 heavy (non-hydrogen) atoms. The summed E-state index contributed by atoms with van der Waals surface area (Å²) in [5, 5.41) is 8.84. The third kappa shape index (κ3) is 3.25. The van der Waals surface area contributed by atoms with E-state index in [0.29, 0.717) is 17.6 Å². The quantitative estimate of drug-likeness (QED) is 0.724. The summed E-state index contributed by atoms with van der Waals surface area (Å²) in [6.07, 6.45) is 5.92. The van der Waals surface area contributed by atoms with Gasteiger partial charge in [0, 0.05) is 29.1 Å². The van der Waals surface area contributed by atoms with E-state index >= 15 is 0 Å². The van der Waals surface area contributed by atoms with E-state index in [1.165, 1.54) is 29.1 Å². The van der Waals surface area contributed by atoms with Crippen molar-refractivity contribution in [2.75, 3.05) is 0 Å². The van der Waals surface area contributed by atoms with Crippen molar-refractivity contribution >= 4 is 11.3 Å². The third-order valence-electron chi connectivity index (χ3n) is 4.46. The lowest BCUT2D eigenvalue weighted by Gasteiger charge is -2.22. The number of rotatable bonds is 6. The van der Waals surface area contributed by atoms with Gasteiger partial charge in [-0.25, -0.2) is 4.98 Å². The molecule has 124 valence electrons. The average Bonchev–Trinajstić information content (AvgIpc) is 3.22. The Balaban J connectivity index is 1.37. The van der Waals surface area contributed by atoms with Crippen molar-refractivity contribution in [2.24, 2.45) is 0 Å². The number of aromatic nitrogens is 3. The van der Waals surface area contributed by atoms with Crippen LogP contribution in [0.1, 0.15) is 53.9 Å². The summed E-state index contributed by atoms with van der Waals surface area (Å²) in [7, 11) is 0. The molecule has 4 rings (SSSR count). The second kappa shape index (κ2) is 6.83. The molecule has 0 bridgehead atoms. The van der Waals surface area contributed by atoms with Crippen LogP contribution in [0.15, 0.2) is 41.1 Å². The molecule has 1 aliphatic rings. The second-order valence-electron chi connectivity index (χ2n) is 6.22. The Kier molecular flexibility index (Phi) is 4.40. The minimum atomic E-state index is 0.0282. The van der Waals surface area contributed by atoms with Crippen molar-refractivity contribution in [1.29, 1.82) is 0 Å². The first-order valence-electron chi connectivity index (χ1n) is 8.36. The molecule has 1 fully saturated rings. The zero-order chi connectivity index (χ0) is 16.4. The summed E-state index contributed by atoms with van der Waals surface area (Å²) in [5.74, 6) is 1.94. The van der Waals surface area contributed by atoms with Gasteiger partial charge in [0.1, 0.15) is 0 Å². The SMILES string of the molecule is C[C@@H](NCc1cnc(C2CCC2)s1)c1noc(-c2ccccc2)n1. The molecular formula is C18H20N4OS. The van der Waals surface area contributed by atoms with Gasteiger partial charge < -0.3 is 9.84 Å². The van der Waals surface area contributed by atoms with Crippen LogP contribution in [0.3, 0.4) is 0 Å². The average molecular weight is 340 g/mol. The van der Waals surface area contributed by atoms with Crippen LogP contribution in [0, 0.1) is 0 Å². The summed E-state index contributed by atoms with van der Waals surface area (Å²) in [6, 6.07) is 9.86. The zero-order valence-electron chi connectivity index (χ0n) is 13.6. The van der Waals surface area contributed by atoms with Crippen molar-refractivity contribution in [2.45, 2.75) is 44.7 Å². The highest BCUT2D eigenvalue weighted by atomic mass is 32.1. The van der Waals surface area contributed by atoms with Gasteiger partial charge >= 0.3 is 0 Å². The summed E-state index contributed by atoms with van der Waals surface area (Å²) >= 11 is 1.82. The lowest BCUT2D eigenvalue weighted by molar-refractivity contribution is 0.409. The first kappa shape index (κ1) is 15.5. The number of thiazole rings is 1. The minimum Gasteiger partial charge on any atom is -0.334 e. The molecule has 0 radical (unpaired) electrons. The van der Waals surface area contributed by atoms with Gasteiger partial charge in [-0.3, -0.25) is 0 Å². The van der Waals surface area contributed by atoms with Gasteiger partial charge in [-0.15, -0.1) is 11.3 Å². The number of nitrogens with zero attached hydrogens (tertiary/aromatic N) is 3. The largest absolute Gasteiger partial charge is 0.334 e. The van der Waals surface area contributed by atoms with Crippen LogP contribution in [-0.4, -0.2) is 15.1 Å². The monoisotopic (exact) mass is 340 g/mol. The van der Waals surface area contributed by atoms with Crippen LogP contribution in [0.4, 0.5) is 0 Å². The molecule has 1 aliphatic carbocycles. The summed E-state index contributed by atoms with van der Waals surface area (Å²) in [4.78, 5) is 10.3. The number of benzene rings is 1. The Morgan fingerprint density at radius 1 is 1.29 bits per heavy atom. The van der Waals surface area contributed by atoms with Gasteiger partial charge in [0.15, 0.2) is 5.82 Å². The fourth-order valence-electron chi connectivity index (χ4n) is 2.70. The fourth-order valence-corrected chi connectivity index (χ4v) is 3.74. The van der Waals surface area contributed by atoms with E-state index in [1.54, 1.807) is 0 Å². The van der Waals surface area contributed by atoms with E-state index in [-0.39, 0.29) is 6.04 Å². The van der Waals surface area contributed by atoms with Crippen molar-refractivity contribution < 1.29 is 4.52 Å². The van der Waals surface area contributed by atoms with E-state index in [9.17, 15) is 0 Å². The van der Waals surface area contributed by atoms with Gasteiger partial charge in [-0.2, -0.15) is 4.98 Å². The predicted molar refractivity (Wildman–Crippen MR) is 93.7 cm³/mol. The topological polar surface area (TPSA) is 63.8 Å². The minimum absolute atomic E-state index is 0.0282. The molecule has 3 aromatic rings. The van der Waals surface area contributed by atoms with Crippen LogP contribution in [0.2, 0.25) is 0 Å². The van der Waals surface area contributed by atoms with Crippen molar-refractivity contribution in [3.8, 4) is 11.5 Å². The molecule has 1 N–H and O–H groups in total. The Labute approximate surface area is 145 Å². The van der Waals surface area contributed by atoms with E-state index < -0.39 is 0 Å². The molecule has 0 spiro atoms. The van der Waals surface area contributed by atoms with Crippen LogP contribution in [-0.2, 0) is 6.54 Å². The van der Waals surface area contributed by atoms with Gasteiger partial charge in [0.05, 0.1) is 11.0 Å². The Morgan fingerprint density at radius 3 is 2.88 bits per heavy atom. The number of hydrogen-bond donors (Lipinski definition) is 1. The summed E-state index contributed by atoms with van der Waals surface area (Å²) in [6.45, 7) is 2.83. The molecule has 6 heteroatoms.